The Labute approximate surface area is 125 Å². The number of hydrogen-bond donors (Lipinski definition) is 1. The molecular weight excluding hydrogens is 264 g/mol. The maximum absolute atomic E-state index is 5.73. The van der Waals surface area contributed by atoms with Gasteiger partial charge in [0, 0.05) is 18.3 Å². The van der Waals surface area contributed by atoms with Crippen LogP contribution in [-0.4, -0.2) is 33.5 Å². The molecule has 0 bridgehead atoms. The van der Waals surface area contributed by atoms with Gasteiger partial charge in [-0.15, -0.1) is 0 Å². The van der Waals surface area contributed by atoms with Crippen LogP contribution in [0.2, 0.25) is 0 Å². The van der Waals surface area contributed by atoms with Crippen molar-refractivity contribution in [3.05, 3.63) is 42.5 Å². The van der Waals surface area contributed by atoms with Crippen LogP contribution in [-0.2, 0) is 11.3 Å². The van der Waals surface area contributed by atoms with Crippen LogP contribution < -0.4 is 5.32 Å². The minimum absolute atomic E-state index is 0.398. The molecule has 0 radical (unpaired) electrons. The van der Waals surface area contributed by atoms with Crippen LogP contribution in [0.25, 0.3) is 0 Å². The maximum atomic E-state index is 5.73. The van der Waals surface area contributed by atoms with Gasteiger partial charge in [-0.3, -0.25) is 0 Å². The zero-order valence-electron chi connectivity index (χ0n) is 12.4. The molecule has 0 amide bonds. The molecule has 2 aromatic rings. The number of hydrogen-bond acceptors (Lipinski definition) is 4. The summed E-state index contributed by atoms with van der Waals surface area (Å²) < 4.78 is 7.56. The fraction of sp³-hybridized carbons (Fsp3) is 0.500. The van der Waals surface area contributed by atoms with Crippen molar-refractivity contribution in [2.24, 2.45) is 0 Å². The maximum Gasteiger partial charge on any atom is 0.137 e. The topological polar surface area (TPSA) is 52.0 Å². The second-order valence-electron chi connectivity index (χ2n) is 5.56. The van der Waals surface area contributed by atoms with Crippen molar-refractivity contribution in [1.82, 2.24) is 14.8 Å². The van der Waals surface area contributed by atoms with Gasteiger partial charge < -0.3 is 10.1 Å². The molecule has 1 aliphatic heterocycles. The Balaban J connectivity index is 1.63. The highest BCUT2D eigenvalue weighted by Crippen LogP contribution is 2.21. The Morgan fingerprint density at radius 2 is 2.38 bits per heavy atom. The van der Waals surface area contributed by atoms with Gasteiger partial charge in [-0.05, 0) is 37.0 Å². The fourth-order valence-electron chi connectivity index (χ4n) is 2.79. The first-order valence-corrected chi connectivity index (χ1v) is 7.63. The van der Waals surface area contributed by atoms with Gasteiger partial charge in [0.2, 0.25) is 0 Å². The Kier molecular flexibility index (Phi) is 4.50. The highest BCUT2D eigenvalue weighted by atomic mass is 16.5. The highest BCUT2D eigenvalue weighted by molar-refractivity contribution is 5.46. The van der Waals surface area contributed by atoms with E-state index in [9.17, 15) is 0 Å². The molecule has 1 fully saturated rings. The average molecular weight is 286 g/mol. The van der Waals surface area contributed by atoms with Gasteiger partial charge in [0.25, 0.3) is 0 Å². The molecule has 2 unspecified atom stereocenters. The predicted molar refractivity (Wildman–Crippen MR) is 82.2 cm³/mol. The predicted octanol–water partition coefficient (Wildman–Crippen LogP) is 2.70. The van der Waals surface area contributed by atoms with Gasteiger partial charge >= 0.3 is 0 Å². The van der Waals surface area contributed by atoms with Crippen molar-refractivity contribution in [2.45, 2.75) is 44.9 Å². The number of nitrogens with one attached hydrogen (secondary N) is 1. The van der Waals surface area contributed by atoms with Crippen molar-refractivity contribution in [1.29, 1.82) is 0 Å². The second kappa shape index (κ2) is 6.72. The summed E-state index contributed by atoms with van der Waals surface area (Å²) in [4.78, 5) is 3.97. The number of rotatable bonds is 5. The Bertz CT molecular complexity index is 555. The highest BCUT2D eigenvalue weighted by Gasteiger charge is 2.20. The molecule has 0 saturated carbocycles. The molecule has 5 nitrogen and oxygen atoms in total. The van der Waals surface area contributed by atoms with Crippen molar-refractivity contribution in [3.63, 3.8) is 0 Å². The van der Waals surface area contributed by atoms with Crippen LogP contribution in [0.15, 0.2) is 36.9 Å². The lowest BCUT2D eigenvalue weighted by atomic mass is 10.0. The zero-order chi connectivity index (χ0) is 14.5. The minimum atomic E-state index is 0.398. The molecule has 0 aliphatic carbocycles. The van der Waals surface area contributed by atoms with Crippen LogP contribution in [0.4, 0.5) is 5.69 Å². The molecule has 1 aromatic heterocycles. The fourth-order valence-corrected chi connectivity index (χ4v) is 2.79. The Hall–Kier alpha value is -1.88. The van der Waals surface area contributed by atoms with Crippen molar-refractivity contribution >= 4 is 5.69 Å². The van der Waals surface area contributed by atoms with Gasteiger partial charge in [-0.25, -0.2) is 9.67 Å². The third kappa shape index (κ3) is 3.82. The zero-order valence-corrected chi connectivity index (χ0v) is 12.4. The minimum Gasteiger partial charge on any atom is -0.382 e. The molecule has 2 heterocycles. The molecule has 2 atom stereocenters. The SMILES string of the molecule is CCC1CC(Nc2cccc(Cn3cncn3)c2)CCO1. The molecule has 112 valence electrons. The molecule has 5 heteroatoms. The monoisotopic (exact) mass is 286 g/mol. The largest absolute Gasteiger partial charge is 0.382 e. The van der Waals surface area contributed by atoms with Crippen LogP contribution in [0, 0.1) is 0 Å². The van der Waals surface area contributed by atoms with Gasteiger partial charge in [-0.1, -0.05) is 19.1 Å². The first-order chi connectivity index (χ1) is 10.3. The number of benzene rings is 1. The van der Waals surface area contributed by atoms with Gasteiger partial charge in [0.15, 0.2) is 0 Å². The first kappa shape index (κ1) is 14.1. The van der Waals surface area contributed by atoms with E-state index in [1.807, 2.05) is 4.68 Å². The quantitative estimate of drug-likeness (QED) is 0.918. The lowest BCUT2D eigenvalue weighted by Crippen LogP contribution is -2.33. The second-order valence-corrected chi connectivity index (χ2v) is 5.56. The van der Waals surface area contributed by atoms with E-state index in [2.05, 4.69) is 46.6 Å². The van der Waals surface area contributed by atoms with Crippen LogP contribution in [0.3, 0.4) is 0 Å². The summed E-state index contributed by atoms with van der Waals surface area (Å²) in [6.45, 7) is 3.79. The molecule has 3 rings (SSSR count). The Morgan fingerprint density at radius 1 is 1.43 bits per heavy atom. The number of aromatic nitrogens is 3. The Morgan fingerprint density at radius 3 is 3.19 bits per heavy atom. The summed E-state index contributed by atoms with van der Waals surface area (Å²) in [6, 6.07) is 9.03. The van der Waals surface area contributed by atoms with Crippen LogP contribution >= 0.6 is 0 Å². The molecule has 1 aliphatic rings. The molecule has 21 heavy (non-hydrogen) atoms. The molecule has 1 N–H and O–H groups in total. The lowest BCUT2D eigenvalue weighted by Gasteiger charge is -2.30. The first-order valence-electron chi connectivity index (χ1n) is 7.63. The third-order valence-electron chi connectivity index (χ3n) is 3.93. The number of nitrogens with zero attached hydrogens (tertiary/aromatic N) is 3. The standard InChI is InChI=1S/C16H22N4O/c1-2-16-9-15(6-7-21-16)19-14-5-3-4-13(8-14)10-20-12-17-11-18-20/h3-5,8,11-12,15-16,19H,2,6-7,9-10H2,1H3. The normalized spacial score (nSPS) is 22.1. The summed E-state index contributed by atoms with van der Waals surface area (Å²) in [5.41, 5.74) is 2.40. The molecule has 0 spiro atoms. The van der Waals surface area contributed by atoms with E-state index in [4.69, 9.17) is 4.74 Å². The van der Waals surface area contributed by atoms with E-state index in [0.29, 0.717) is 12.1 Å². The summed E-state index contributed by atoms with van der Waals surface area (Å²) in [5.74, 6) is 0. The smallest absolute Gasteiger partial charge is 0.137 e. The van der Waals surface area contributed by atoms with Crippen LogP contribution in [0.1, 0.15) is 31.7 Å². The molecule has 1 aromatic carbocycles. The summed E-state index contributed by atoms with van der Waals surface area (Å²) in [7, 11) is 0. The van der Waals surface area contributed by atoms with Crippen molar-refractivity contribution in [2.75, 3.05) is 11.9 Å². The summed E-state index contributed by atoms with van der Waals surface area (Å²) in [6.07, 6.45) is 6.95. The average Bonchev–Trinajstić information content (AvgIpc) is 3.01. The van der Waals surface area contributed by atoms with E-state index < -0.39 is 0 Å². The van der Waals surface area contributed by atoms with Gasteiger partial charge in [-0.2, -0.15) is 5.10 Å². The molecule has 1 saturated heterocycles. The third-order valence-corrected chi connectivity index (χ3v) is 3.93. The number of ether oxygens (including phenoxy) is 1. The van der Waals surface area contributed by atoms with Crippen LogP contribution in [0.5, 0.6) is 0 Å². The van der Waals surface area contributed by atoms with Gasteiger partial charge in [0.05, 0.1) is 12.6 Å². The van der Waals surface area contributed by atoms with E-state index in [-0.39, 0.29) is 0 Å². The summed E-state index contributed by atoms with van der Waals surface area (Å²) >= 11 is 0. The van der Waals surface area contributed by atoms with Crippen molar-refractivity contribution < 1.29 is 4.74 Å². The van der Waals surface area contributed by atoms with Gasteiger partial charge in [0.1, 0.15) is 12.7 Å². The van der Waals surface area contributed by atoms with Crippen molar-refractivity contribution in [3.8, 4) is 0 Å². The van der Waals surface area contributed by atoms with E-state index in [1.54, 1.807) is 12.7 Å². The van der Waals surface area contributed by atoms with E-state index in [1.165, 1.54) is 11.3 Å². The molecular formula is C16H22N4O. The number of anilines is 1. The van der Waals surface area contributed by atoms with E-state index >= 15 is 0 Å². The summed E-state index contributed by atoms with van der Waals surface area (Å²) in [5, 5.41) is 7.79. The lowest BCUT2D eigenvalue weighted by molar-refractivity contribution is 0.00926. The van der Waals surface area contributed by atoms with E-state index in [0.717, 1.165) is 32.4 Å².